The Morgan fingerprint density at radius 3 is 2.47 bits per heavy atom. The second kappa shape index (κ2) is 5.81. The second-order valence-electron chi connectivity index (χ2n) is 3.52. The highest BCUT2D eigenvalue weighted by Crippen LogP contribution is 2.25. The predicted molar refractivity (Wildman–Crippen MR) is 63.4 cm³/mol. The molecule has 0 aliphatic carbocycles. The molecule has 1 aromatic carbocycles. The summed E-state index contributed by atoms with van der Waals surface area (Å²) in [7, 11) is 0. The van der Waals surface area contributed by atoms with Crippen LogP contribution < -0.4 is 0 Å². The SMILES string of the molecule is CCc1ccc(SC(C)CC(=O)O)cc1. The van der Waals surface area contributed by atoms with Gasteiger partial charge < -0.3 is 5.11 Å². The van der Waals surface area contributed by atoms with E-state index in [1.54, 1.807) is 11.8 Å². The van der Waals surface area contributed by atoms with Crippen LogP contribution in [0.2, 0.25) is 0 Å². The first-order valence-electron chi connectivity index (χ1n) is 5.09. The van der Waals surface area contributed by atoms with Crippen molar-refractivity contribution in [3.05, 3.63) is 29.8 Å². The maximum atomic E-state index is 10.5. The van der Waals surface area contributed by atoms with Gasteiger partial charge in [0.15, 0.2) is 0 Å². The van der Waals surface area contributed by atoms with Crippen molar-refractivity contribution in [3.8, 4) is 0 Å². The molecule has 0 bridgehead atoms. The first-order chi connectivity index (χ1) is 7.11. The third-order valence-corrected chi connectivity index (χ3v) is 3.24. The molecule has 0 saturated carbocycles. The Kier molecular flexibility index (Phi) is 4.69. The van der Waals surface area contributed by atoms with Crippen molar-refractivity contribution in [1.82, 2.24) is 0 Å². The summed E-state index contributed by atoms with van der Waals surface area (Å²) in [6.07, 6.45) is 1.25. The fourth-order valence-corrected chi connectivity index (χ4v) is 2.31. The van der Waals surface area contributed by atoms with Crippen LogP contribution in [0.1, 0.15) is 25.8 Å². The highest BCUT2D eigenvalue weighted by atomic mass is 32.2. The van der Waals surface area contributed by atoms with Gasteiger partial charge in [-0.05, 0) is 24.1 Å². The Bertz CT molecular complexity index is 319. The van der Waals surface area contributed by atoms with Crippen molar-refractivity contribution in [2.75, 3.05) is 0 Å². The van der Waals surface area contributed by atoms with Gasteiger partial charge in [-0.2, -0.15) is 0 Å². The molecule has 0 radical (unpaired) electrons. The van der Waals surface area contributed by atoms with Crippen molar-refractivity contribution in [1.29, 1.82) is 0 Å². The van der Waals surface area contributed by atoms with Gasteiger partial charge in [0.25, 0.3) is 0 Å². The maximum Gasteiger partial charge on any atom is 0.304 e. The van der Waals surface area contributed by atoms with Crippen LogP contribution in [0.5, 0.6) is 0 Å². The molecular formula is C12H16O2S. The number of benzene rings is 1. The maximum absolute atomic E-state index is 10.5. The van der Waals surface area contributed by atoms with Crippen LogP contribution in [0.15, 0.2) is 29.2 Å². The van der Waals surface area contributed by atoms with Crippen molar-refractivity contribution in [3.63, 3.8) is 0 Å². The lowest BCUT2D eigenvalue weighted by Crippen LogP contribution is -2.05. The smallest absolute Gasteiger partial charge is 0.304 e. The molecule has 1 rings (SSSR count). The fraction of sp³-hybridized carbons (Fsp3) is 0.417. The van der Waals surface area contributed by atoms with Gasteiger partial charge in [-0.1, -0.05) is 26.0 Å². The molecule has 0 heterocycles. The van der Waals surface area contributed by atoms with E-state index >= 15 is 0 Å². The summed E-state index contributed by atoms with van der Waals surface area (Å²) in [5.41, 5.74) is 1.31. The van der Waals surface area contributed by atoms with E-state index in [1.165, 1.54) is 5.56 Å². The number of hydrogen-bond acceptors (Lipinski definition) is 2. The van der Waals surface area contributed by atoms with Crippen LogP contribution in [-0.4, -0.2) is 16.3 Å². The molecule has 2 nitrogen and oxygen atoms in total. The molecule has 1 aromatic rings. The number of hydrogen-bond donors (Lipinski definition) is 1. The van der Waals surface area contributed by atoms with Crippen molar-refractivity contribution in [2.45, 2.75) is 36.8 Å². The van der Waals surface area contributed by atoms with Gasteiger partial charge >= 0.3 is 5.97 Å². The van der Waals surface area contributed by atoms with E-state index < -0.39 is 5.97 Å². The molecule has 0 aliphatic rings. The van der Waals surface area contributed by atoms with Gasteiger partial charge in [0.2, 0.25) is 0 Å². The number of carboxylic acids is 1. The van der Waals surface area contributed by atoms with E-state index in [9.17, 15) is 4.79 Å². The summed E-state index contributed by atoms with van der Waals surface area (Å²) >= 11 is 1.61. The molecule has 3 heteroatoms. The van der Waals surface area contributed by atoms with Crippen LogP contribution in [0.4, 0.5) is 0 Å². The summed E-state index contributed by atoms with van der Waals surface area (Å²) in [5.74, 6) is -0.736. The molecular weight excluding hydrogens is 208 g/mol. The van der Waals surface area contributed by atoms with E-state index in [4.69, 9.17) is 5.11 Å². The van der Waals surface area contributed by atoms with Crippen molar-refractivity contribution < 1.29 is 9.90 Å². The quantitative estimate of drug-likeness (QED) is 0.780. The van der Waals surface area contributed by atoms with Gasteiger partial charge in [0.05, 0.1) is 6.42 Å². The minimum Gasteiger partial charge on any atom is -0.481 e. The Morgan fingerprint density at radius 2 is 2.00 bits per heavy atom. The fourth-order valence-electron chi connectivity index (χ4n) is 1.32. The molecule has 0 aliphatic heterocycles. The number of carboxylic acid groups (broad SMARTS) is 1. The minimum absolute atomic E-state index is 0.120. The average molecular weight is 224 g/mol. The first kappa shape index (κ1) is 12.1. The lowest BCUT2D eigenvalue weighted by atomic mass is 10.2. The predicted octanol–water partition coefficient (Wildman–Crippen LogP) is 3.20. The van der Waals surface area contributed by atoms with Gasteiger partial charge in [0.1, 0.15) is 0 Å². The number of thioether (sulfide) groups is 1. The normalized spacial score (nSPS) is 12.4. The second-order valence-corrected chi connectivity index (χ2v) is 5.04. The minimum atomic E-state index is -0.736. The topological polar surface area (TPSA) is 37.3 Å². The molecule has 1 N–H and O–H groups in total. The van der Waals surface area contributed by atoms with Crippen molar-refractivity contribution >= 4 is 17.7 Å². The average Bonchev–Trinajstić information content (AvgIpc) is 2.17. The molecule has 1 unspecified atom stereocenters. The summed E-state index contributed by atoms with van der Waals surface area (Å²) in [6.45, 7) is 4.06. The van der Waals surface area contributed by atoms with Gasteiger partial charge in [-0.15, -0.1) is 11.8 Å². The summed E-state index contributed by atoms with van der Waals surface area (Å²) in [6, 6.07) is 8.30. The summed E-state index contributed by atoms with van der Waals surface area (Å²) in [5, 5.41) is 8.75. The molecule has 0 amide bonds. The zero-order chi connectivity index (χ0) is 11.3. The molecule has 0 saturated heterocycles. The van der Waals surface area contributed by atoms with Crippen LogP contribution in [0, 0.1) is 0 Å². The molecule has 0 spiro atoms. The Morgan fingerprint density at radius 1 is 1.40 bits per heavy atom. The number of aryl methyl sites for hydroxylation is 1. The van der Waals surface area contributed by atoms with Gasteiger partial charge in [-0.25, -0.2) is 0 Å². The van der Waals surface area contributed by atoms with Crippen LogP contribution in [-0.2, 0) is 11.2 Å². The molecule has 0 aromatic heterocycles. The Hall–Kier alpha value is -0.960. The zero-order valence-corrected chi connectivity index (χ0v) is 9.88. The standard InChI is InChI=1S/C12H16O2S/c1-3-10-4-6-11(7-5-10)15-9(2)8-12(13)14/h4-7,9H,3,8H2,1-2H3,(H,13,14). The largest absolute Gasteiger partial charge is 0.481 e. The zero-order valence-electron chi connectivity index (χ0n) is 9.06. The van der Waals surface area contributed by atoms with E-state index in [-0.39, 0.29) is 11.7 Å². The third kappa shape index (κ3) is 4.38. The van der Waals surface area contributed by atoms with Crippen LogP contribution >= 0.6 is 11.8 Å². The highest BCUT2D eigenvalue weighted by Gasteiger charge is 2.08. The van der Waals surface area contributed by atoms with E-state index in [2.05, 4.69) is 31.2 Å². The number of aliphatic carboxylic acids is 1. The monoisotopic (exact) mass is 224 g/mol. The van der Waals surface area contributed by atoms with Crippen LogP contribution in [0.25, 0.3) is 0 Å². The summed E-state index contributed by atoms with van der Waals surface area (Å²) < 4.78 is 0. The molecule has 1 atom stereocenters. The van der Waals surface area contributed by atoms with E-state index in [1.807, 2.05) is 6.92 Å². The van der Waals surface area contributed by atoms with Gasteiger partial charge in [0, 0.05) is 10.1 Å². The van der Waals surface area contributed by atoms with Crippen LogP contribution in [0.3, 0.4) is 0 Å². The molecule has 0 fully saturated rings. The Labute approximate surface area is 94.7 Å². The number of rotatable bonds is 5. The number of carbonyl (C=O) groups is 1. The van der Waals surface area contributed by atoms with Gasteiger partial charge in [-0.3, -0.25) is 4.79 Å². The lowest BCUT2D eigenvalue weighted by molar-refractivity contribution is -0.136. The molecule has 82 valence electrons. The first-order valence-corrected chi connectivity index (χ1v) is 5.97. The summed E-state index contributed by atoms with van der Waals surface area (Å²) in [4.78, 5) is 11.6. The van der Waals surface area contributed by atoms with E-state index in [0.29, 0.717) is 0 Å². The lowest BCUT2D eigenvalue weighted by Gasteiger charge is -2.08. The van der Waals surface area contributed by atoms with Crippen molar-refractivity contribution in [2.24, 2.45) is 0 Å². The third-order valence-electron chi connectivity index (χ3n) is 2.13. The molecule has 15 heavy (non-hydrogen) atoms. The highest BCUT2D eigenvalue weighted by molar-refractivity contribution is 8.00. The van der Waals surface area contributed by atoms with E-state index in [0.717, 1.165) is 11.3 Å². The Balaban J connectivity index is 2.53.